The van der Waals surface area contributed by atoms with E-state index < -0.39 is 10.0 Å². The highest BCUT2D eigenvalue weighted by molar-refractivity contribution is 7.89. The van der Waals surface area contributed by atoms with Crippen LogP contribution in [0.2, 0.25) is 0 Å². The monoisotopic (exact) mass is 269 g/mol. The molecule has 1 aliphatic rings. The van der Waals surface area contributed by atoms with Gasteiger partial charge >= 0.3 is 0 Å². The molecule has 0 unspecified atom stereocenters. The van der Waals surface area contributed by atoms with Crippen molar-refractivity contribution in [1.82, 2.24) is 4.72 Å². The van der Waals surface area contributed by atoms with Crippen molar-refractivity contribution in [2.24, 2.45) is 5.92 Å². The number of carbonyl (C=O) groups is 1. The normalized spacial score (nSPS) is 15.4. The second-order valence-corrected chi connectivity index (χ2v) is 6.07. The SMILES string of the molecule is CNS(=O)(=O)c1cc(C(=O)C2CC2)ccc1OC. The topological polar surface area (TPSA) is 72.5 Å². The molecule has 1 N–H and O–H groups in total. The van der Waals surface area contributed by atoms with Crippen molar-refractivity contribution in [1.29, 1.82) is 0 Å². The van der Waals surface area contributed by atoms with Gasteiger partial charge in [-0.25, -0.2) is 13.1 Å². The number of benzene rings is 1. The molecule has 0 amide bonds. The van der Waals surface area contributed by atoms with E-state index in [1.54, 1.807) is 6.07 Å². The Bertz CT molecular complexity index is 576. The average molecular weight is 269 g/mol. The highest BCUT2D eigenvalue weighted by atomic mass is 32.2. The van der Waals surface area contributed by atoms with E-state index in [0.717, 1.165) is 12.8 Å². The summed E-state index contributed by atoms with van der Waals surface area (Å²) in [4.78, 5) is 11.9. The Morgan fingerprint density at radius 3 is 2.56 bits per heavy atom. The summed E-state index contributed by atoms with van der Waals surface area (Å²) in [5.74, 6) is 0.297. The molecule has 0 radical (unpaired) electrons. The van der Waals surface area contributed by atoms with Crippen LogP contribution in [0.25, 0.3) is 0 Å². The van der Waals surface area contributed by atoms with E-state index in [-0.39, 0.29) is 22.3 Å². The number of sulfonamides is 1. The molecule has 98 valence electrons. The molecular weight excluding hydrogens is 254 g/mol. The Morgan fingerprint density at radius 2 is 2.06 bits per heavy atom. The second-order valence-electron chi connectivity index (χ2n) is 4.21. The fourth-order valence-electron chi connectivity index (χ4n) is 1.73. The Balaban J connectivity index is 2.48. The number of ketones is 1. The minimum atomic E-state index is -3.63. The zero-order chi connectivity index (χ0) is 13.3. The van der Waals surface area contributed by atoms with E-state index in [0.29, 0.717) is 5.56 Å². The van der Waals surface area contributed by atoms with Gasteiger partial charge in [0.2, 0.25) is 10.0 Å². The lowest BCUT2D eigenvalue weighted by molar-refractivity contribution is 0.0967. The maximum Gasteiger partial charge on any atom is 0.244 e. The van der Waals surface area contributed by atoms with E-state index in [9.17, 15) is 13.2 Å². The zero-order valence-corrected chi connectivity index (χ0v) is 11.1. The summed E-state index contributed by atoms with van der Waals surface area (Å²) in [5.41, 5.74) is 0.423. The van der Waals surface area contributed by atoms with Crippen LogP contribution in [0.5, 0.6) is 5.75 Å². The molecule has 6 heteroatoms. The number of hydrogen-bond donors (Lipinski definition) is 1. The minimum Gasteiger partial charge on any atom is -0.495 e. The number of hydrogen-bond acceptors (Lipinski definition) is 4. The predicted octanol–water partition coefficient (Wildman–Crippen LogP) is 1.20. The van der Waals surface area contributed by atoms with Crippen LogP contribution in [0, 0.1) is 5.92 Å². The predicted molar refractivity (Wildman–Crippen MR) is 66.3 cm³/mol. The quantitative estimate of drug-likeness (QED) is 0.815. The van der Waals surface area contributed by atoms with Gasteiger partial charge in [-0.15, -0.1) is 0 Å². The van der Waals surface area contributed by atoms with Gasteiger partial charge in [0.15, 0.2) is 5.78 Å². The van der Waals surface area contributed by atoms with Gasteiger partial charge in [0.05, 0.1) is 7.11 Å². The molecule has 1 aromatic rings. The number of ether oxygens (including phenoxy) is 1. The number of methoxy groups -OCH3 is 1. The van der Waals surface area contributed by atoms with Crippen molar-refractivity contribution in [2.75, 3.05) is 14.2 Å². The Labute approximate surface area is 106 Å². The number of Topliss-reactive ketones (excluding diaryl/α,β-unsaturated/α-hetero) is 1. The van der Waals surface area contributed by atoms with Gasteiger partial charge < -0.3 is 4.74 Å². The molecule has 1 aliphatic carbocycles. The first-order valence-electron chi connectivity index (χ1n) is 5.65. The summed E-state index contributed by atoms with van der Waals surface area (Å²) in [7, 11) is -0.911. The van der Waals surface area contributed by atoms with Crippen molar-refractivity contribution in [2.45, 2.75) is 17.7 Å². The lowest BCUT2D eigenvalue weighted by Gasteiger charge is -2.10. The third kappa shape index (κ3) is 2.39. The van der Waals surface area contributed by atoms with Gasteiger partial charge in [-0.2, -0.15) is 0 Å². The summed E-state index contributed by atoms with van der Waals surface area (Å²) >= 11 is 0. The highest BCUT2D eigenvalue weighted by Crippen LogP contribution is 2.34. The molecule has 1 saturated carbocycles. The van der Waals surface area contributed by atoms with Gasteiger partial charge in [0, 0.05) is 11.5 Å². The standard InChI is InChI=1S/C12H15NO4S/c1-13-18(15,16)11-7-9(5-6-10(11)17-2)12(14)8-3-4-8/h5-8,13H,3-4H2,1-2H3. The summed E-state index contributed by atoms with van der Waals surface area (Å²) < 4.78 is 30.9. The molecule has 0 heterocycles. The maximum absolute atomic E-state index is 11.9. The molecule has 1 fully saturated rings. The van der Waals surface area contributed by atoms with Crippen molar-refractivity contribution in [3.63, 3.8) is 0 Å². The summed E-state index contributed by atoms with van der Waals surface area (Å²) in [5, 5.41) is 0. The van der Waals surface area contributed by atoms with Gasteiger partial charge in [-0.1, -0.05) is 0 Å². The first-order valence-corrected chi connectivity index (χ1v) is 7.13. The maximum atomic E-state index is 11.9. The Hall–Kier alpha value is -1.40. The number of carbonyl (C=O) groups excluding carboxylic acids is 1. The van der Waals surface area contributed by atoms with Crippen LogP contribution in [0.1, 0.15) is 23.2 Å². The molecule has 2 rings (SSSR count). The fraction of sp³-hybridized carbons (Fsp3) is 0.417. The van der Waals surface area contributed by atoms with Gasteiger partial charge in [-0.05, 0) is 38.1 Å². The number of nitrogens with one attached hydrogen (secondary N) is 1. The van der Waals surface area contributed by atoms with Gasteiger partial charge in [0.25, 0.3) is 0 Å². The lowest BCUT2D eigenvalue weighted by Crippen LogP contribution is -2.20. The fourth-order valence-corrected chi connectivity index (χ4v) is 2.65. The average Bonchev–Trinajstić information content (AvgIpc) is 3.21. The second kappa shape index (κ2) is 4.70. The zero-order valence-electron chi connectivity index (χ0n) is 10.3. The smallest absolute Gasteiger partial charge is 0.244 e. The van der Waals surface area contributed by atoms with Gasteiger partial charge in [0.1, 0.15) is 10.6 Å². The first kappa shape index (κ1) is 13.0. The van der Waals surface area contributed by atoms with E-state index in [1.807, 2.05) is 0 Å². The molecule has 0 atom stereocenters. The van der Waals surface area contributed by atoms with E-state index >= 15 is 0 Å². The van der Waals surface area contributed by atoms with Crippen LogP contribution < -0.4 is 9.46 Å². The van der Waals surface area contributed by atoms with Crippen molar-refractivity contribution < 1.29 is 17.9 Å². The third-order valence-corrected chi connectivity index (χ3v) is 4.39. The van der Waals surface area contributed by atoms with E-state index in [1.165, 1.54) is 26.3 Å². The molecule has 0 saturated heterocycles. The highest BCUT2D eigenvalue weighted by Gasteiger charge is 2.31. The van der Waals surface area contributed by atoms with Crippen molar-refractivity contribution in [3.8, 4) is 5.75 Å². The minimum absolute atomic E-state index is 0.000926. The Morgan fingerprint density at radius 1 is 1.39 bits per heavy atom. The van der Waals surface area contributed by atoms with Crippen LogP contribution in [-0.2, 0) is 10.0 Å². The van der Waals surface area contributed by atoms with Crippen LogP contribution in [-0.4, -0.2) is 28.4 Å². The van der Waals surface area contributed by atoms with E-state index in [2.05, 4.69) is 4.72 Å². The first-order chi connectivity index (χ1) is 8.49. The molecule has 0 bridgehead atoms. The summed E-state index contributed by atoms with van der Waals surface area (Å²) in [6.07, 6.45) is 1.78. The van der Waals surface area contributed by atoms with Crippen LogP contribution in [0.3, 0.4) is 0 Å². The third-order valence-electron chi connectivity index (χ3n) is 2.95. The largest absolute Gasteiger partial charge is 0.495 e. The molecule has 0 aromatic heterocycles. The van der Waals surface area contributed by atoms with Crippen LogP contribution in [0.4, 0.5) is 0 Å². The van der Waals surface area contributed by atoms with Crippen molar-refractivity contribution >= 4 is 15.8 Å². The number of rotatable bonds is 5. The van der Waals surface area contributed by atoms with Crippen LogP contribution >= 0.6 is 0 Å². The summed E-state index contributed by atoms with van der Waals surface area (Å²) in [6, 6.07) is 4.50. The Kier molecular flexibility index (Phi) is 3.41. The van der Waals surface area contributed by atoms with Gasteiger partial charge in [-0.3, -0.25) is 4.79 Å². The molecule has 18 heavy (non-hydrogen) atoms. The molecule has 0 aliphatic heterocycles. The lowest BCUT2D eigenvalue weighted by atomic mass is 10.1. The van der Waals surface area contributed by atoms with E-state index in [4.69, 9.17) is 4.74 Å². The molecular formula is C12H15NO4S. The van der Waals surface area contributed by atoms with Crippen LogP contribution in [0.15, 0.2) is 23.1 Å². The summed E-state index contributed by atoms with van der Waals surface area (Å²) in [6.45, 7) is 0. The molecule has 1 aromatic carbocycles. The molecule has 0 spiro atoms. The molecule has 5 nitrogen and oxygen atoms in total. The van der Waals surface area contributed by atoms with Crippen molar-refractivity contribution in [3.05, 3.63) is 23.8 Å².